The van der Waals surface area contributed by atoms with Crippen molar-refractivity contribution in [2.45, 2.75) is 126 Å². The van der Waals surface area contributed by atoms with Crippen molar-refractivity contribution in [1.29, 1.82) is 0 Å². The second-order valence-electron chi connectivity index (χ2n) is 15.3. The molecule has 5 aliphatic rings. The van der Waals surface area contributed by atoms with Crippen LogP contribution in [0.25, 0.3) is 0 Å². The fraction of sp³-hybridized carbons (Fsp3) is 0.906. The van der Waals surface area contributed by atoms with E-state index >= 15 is 0 Å². The summed E-state index contributed by atoms with van der Waals surface area (Å²) in [5.74, 6) is 3.66. The van der Waals surface area contributed by atoms with Gasteiger partial charge in [-0.15, -0.1) is 0 Å². The Labute approximate surface area is 210 Å². The zero-order valence-electron chi connectivity index (χ0n) is 23.7. The Morgan fingerprint density at radius 3 is 2.26 bits per heavy atom. The Kier molecular flexibility index (Phi) is 5.57. The minimum absolute atomic E-state index is 0.0450. The van der Waals surface area contributed by atoms with Crippen molar-refractivity contribution in [1.82, 2.24) is 0 Å². The van der Waals surface area contributed by atoms with Gasteiger partial charge in [-0.05, 0) is 109 Å². The first-order valence-electron chi connectivity index (χ1n) is 14.6. The van der Waals surface area contributed by atoms with Gasteiger partial charge in [0.1, 0.15) is 6.10 Å². The van der Waals surface area contributed by atoms with Gasteiger partial charge in [0, 0.05) is 12.3 Å². The summed E-state index contributed by atoms with van der Waals surface area (Å²) in [7, 11) is 0. The van der Waals surface area contributed by atoms with E-state index in [4.69, 9.17) is 4.74 Å². The second-order valence-corrected chi connectivity index (χ2v) is 15.3. The van der Waals surface area contributed by atoms with Gasteiger partial charge in [0.2, 0.25) is 0 Å². The fourth-order valence-corrected chi connectivity index (χ4v) is 11.2. The zero-order chi connectivity index (χ0) is 24.9. The van der Waals surface area contributed by atoms with Crippen LogP contribution in [-0.4, -0.2) is 12.1 Å². The summed E-state index contributed by atoms with van der Waals surface area (Å²) in [6.45, 7) is 22.1. The number of hydrogen-bond acceptors (Lipinski definition) is 2. The fourth-order valence-electron chi connectivity index (χ4n) is 11.2. The number of carbonyl (C=O) groups is 1. The van der Waals surface area contributed by atoms with Gasteiger partial charge in [-0.2, -0.15) is 0 Å². The van der Waals surface area contributed by atoms with Crippen LogP contribution in [0.1, 0.15) is 120 Å². The van der Waals surface area contributed by atoms with Gasteiger partial charge < -0.3 is 4.74 Å². The number of carbonyl (C=O) groups excluding carboxylic acids is 1. The first-order chi connectivity index (χ1) is 15.7. The number of fused-ring (bicyclic) bond motifs is 7. The summed E-state index contributed by atoms with van der Waals surface area (Å²) >= 11 is 0. The molecule has 5 rings (SSSR count). The van der Waals surface area contributed by atoms with Crippen molar-refractivity contribution in [3.63, 3.8) is 0 Å². The van der Waals surface area contributed by atoms with Crippen LogP contribution in [0.3, 0.4) is 0 Å². The quantitative estimate of drug-likeness (QED) is 0.284. The van der Waals surface area contributed by atoms with Gasteiger partial charge >= 0.3 is 5.97 Å². The molecule has 0 aromatic rings. The van der Waals surface area contributed by atoms with E-state index in [0.717, 1.165) is 30.1 Å². The molecule has 0 aromatic heterocycles. The number of rotatable bonds is 1. The highest BCUT2D eigenvalue weighted by atomic mass is 16.5. The highest BCUT2D eigenvalue weighted by Crippen LogP contribution is 2.75. The van der Waals surface area contributed by atoms with Crippen LogP contribution in [0.5, 0.6) is 0 Å². The smallest absolute Gasteiger partial charge is 0.302 e. The molecule has 10 atom stereocenters. The lowest BCUT2D eigenvalue weighted by Gasteiger charge is -2.71. The summed E-state index contributed by atoms with van der Waals surface area (Å²) < 4.78 is 5.91. The third-order valence-electron chi connectivity index (χ3n) is 13.6. The van der Waals surface area contributed by atoms with Crippen LogP contribution >= 0.6 is 0 Å². The van der Waals surface area contributed by atoms with E-state index in [1.807, 2.05) is 5.57 Å². The van der Waals surface area contributed by atoms with Crippen LogP contribution in [0.2, 0.25) is 0 Å². The Balaban J connectivity index is 1.54. The molecule has 2 nitrogen and oxygen atoms in total. The number of ether oxygens (including phenoxy) is 1. The molecule has 0 amide bonds. The molecule has 5 aliphatic carbocycles. The van der Waals surface area contributed by atoms with E-state index in [1.54, 1.807) is 6.92 Å². The molecular weight excluding hydrogens is 416 g/mol. The van der Waals surface area contributed by atoms with Gasteiger partial charge in [0.25, 0.3) is 0 Å². The minimum Gasteiger partial charge on any atom is -0.462 e. The zero-order valence-corrected chi connectivity index (χ0v) is 23.7. The molecule has 2 heteroatoms. The lowest BCUT2D eigenvalue weighted by atomic mass is 9.33. The molecule has 0 heterocycles. The Hall–Kier alpha value is -0.790. The predicted octanol–water partition coefficient (Wildman–Crippen LogP) is 8.60. The lowest BCUT2D eigenvalue weighted by Crippen LogP contribution is -2.65. The first-order valence-corrected chi connectivity index (χ1v) is 14.6. The summed E-state index contributed by atoms with van der Waals surface area (Å²) in [4.78, 5) is 11.9. The standard InChI is InChI=1S/C32H52O2/c1-20-12-15-29(6)18-19-31(8)23(27(29)21(20)2)10-11-25-30(7)16-14-26(34-22(3)33)28(4,5)24(30)13-17-32(25,31)9/h10,20-21,24-27H,11-19H2,1-9H3/t20-,21+,24-,25-,26-,27-,29+,30-,31+,32-/m0/s1. The van der Waals surface area contributed by atoms with Crippen molar-refractivity contribution in [3.8, 4) is 0 Å². The maximum Gasteiger partial charge on any atom is 0.302 e. The van der Waals surface area contributed by atoms with Crippen molar-refractivity contribution < 1.29 is 9.53 Å². The molecular formula is C32H52O2. The lowest BCUT2D eigenvalue weighted by molar-refractivity contribution is -0.212. The summed E-state index contributed by atoms with van der Waals surface area (Å²) in [5, 5.41) is 0. The van der Waals surface area contributed by atoms with Gasteiger partial charge in [0.15, 0.2) is 0 Å². The molecule has 0 bridgehead atoms. The molecule has 0 aliphatic heterocycles. The Morgan fingerprint density at radius 2 is 1.59 bits per heavy atom. The van der Waals surface area contributed by atoms with Crippen LogP contribution in [-0.2, 0) is 9.53 Å². The molecule has 0 aromatic carbocycles. The summed E-state index contributed by atoms with van der Waals surface area (Å²) in [5.41, 5.74) is 3.44. The van der Waals surface area contributed by atoms with Gasteiger partial charge in [0.05, 0.1) is 0 Å². The summed E-state index contributed by atoms with van der Waals surface area (Å²) in [6.07, 6.45) is 14.6. The number of allylic oxidation sites excluding steroid dienone is 2. The van der Waals surface area contributed by atoms with Crippen LogP contribution < -0.4 is 0 Å². The predicted molar refractivity (Wildman–Crippen MR) is 140 cm³/mol. The van der Waals surface area contributed by atoms with Gasteiger partial charge in [-0.3, -0.25) is 4.79 Å². The molecule has 0 radical (unpaired) electrons. The van der Waals surface area contributed by atoms with Crippen LogP contribution in [0, 0.1) is 56.7 Å². The maximum atomic E-state index is 11.9. The first kappa shape index (κ1) is 24.9. The SMILES string of the molecule is CC(=O)O[C@H]1CC[C@@]2(C)[C@@H](CC[C@@]3(C)[C@H]2CC=C2[C@@H]4[C@H](C)[C@@H](C)CC[C@]4(C)CC[C@]23C)C1(C)C. The largest absolute Gasteiger partial charge is 0.462 e. The molecule has 0 N–H and O–H groups in total. The van der Waals surface area contributed by atoms with Crippen molar-refractivity contribution in [2.24, 2.45) is 56.7 Å². The molecule has 0 saturated heterocycles. The monoisotopic (exact) mass is 468 g/mol. The highest BCUT2D eigenvalue weighted by molar-refractivity contribution is 5.66. The second kappa shape index (κ2) is 7.61. The van der Waals surface area contributed by atoms with E-state index in [-0.39, 0.29) is 17.5 Å². The Bertz CT molecular complexity index is 885. The van der Waals surface area contributed by atoms with E-state index in [2.05, 4.69) is 61.5 Å². The van der Waals surface area contributed by atoms with Crippen molar-refractivity contribution >= 4 is 5.97 Å². The van der Waals surface area contributed by atoms with Gasteiger partial charge in [-0.1, -0.05) is 67.0 Å². The molecule has 0 spiro atoms. The van der Waals surface area contributed by atoms with Crippen LogP contribution in [0.15, 0.2) is 11.6 Å². The maximum absolute atomic E-state index is 11.9. The number of esters is 1. The Morgan fingerprint density at radius 1 is 0.882 bits per heavy atom. The average Bonchev–Trinajstić information content (AvgIpc) is 2.74. The molecule has 4 fully saturated rings. The van der Waals surface area contributed by atoms with Crippen LogP contribution in [0.4, 0.5) is 0 Å². The molecule has 192 valence electrons. The third-order valence-corrected chi connectivity index (χ3v) is 13.6. The normalized spacial score (nSPS) is 54.0. The van der Waals surface area contributed by atoms with E-state index in [0.29, 0.717) is 27.6 Å². The topological polar surface area (TPSA) is 26.3 Å². The van der Waals surface area contributed by atoms with E-state index in [1.165, 1.54) is 51.4 Å². The molecule has 0 unspecified atom stereocenters. The highest BCUT2D eigenvalue weighted by Gasteiger charge is 2.68. The summed E-state index contributed by atoms with van der Waals surface area (Å²) in [6, 6.07) is 0. The molecule has 4 saturated carbocycles. The minimum atomic E-state index is -0.110. The average molecular weight is 469 g/mol. The van der Waals surface area contributed by atoms with Crippen molar-refractivity contribution in [3.05, 3.63) is 11.6 Å². The third kappa shape index (κ3) is 3.08. The molecule has 34 heavy (non-hydrogen) atoms. The van der Waals surface area contributed by atoms with Gasteiger partial charge in [-0.25, -0.2) is 0 Å². The van der Waals surface area contributed by atoms with Crippen molar-refractivity contribution in [2.75, 3.05) is 0 Å². The number of hydrogen-bond donors (Lipinski definition) is 0. The van der Waals surface area contributed by atoms with E-state index in [9.17, 15) is 4.79 Å². The van der Waals surface area contributed by atoms with E-state index < -0.39 is 0 Å².